The van der Waals surface area contributed by atoms with Crippen molar-refractivity contribution < 1.29 is 31.9 Å². The molecule has 2 N–H and O–H groups in total. The summed E-state index contributed by atoms with van der Waals surface area (Å²) in [6.07, 6.45) is -3.49. The lowest BCUT2D eigenvalue weighted by molar-refractivity contribution is -0.137. The fraction of sp³-hybridized carbons (Fsp3) is 0.182. The Bertz CT molecular complexity index is 1090. The molecular weight excluding hydrogens is 413 g/mol. The normalized spacial score (nSPS) is 11.1. The fourth-order valence-corrected chi connectivity index (χ4v) is 2.70. The minimum atomic E-state index is -4.76. The second-order valence-electron chi connectivity index (χ2n) is 6.77. The Kier molecular flexibility index (Phi) is 6.33. The minimum Gasteiger partial charge on any atom is -0.484 e. The number of rotatable bonds is 6. The van der Waals surface area contributed by atoms with E-state index in [1.807, 2.05) is 19.9 Å². The van der Waals surface area contributed by atoms with Gasteiger partial charge in [-0.2, -0.15) is 13.2 Å². The Hall–Kier alpha value is -3.75. The van der Waals surface area contributed by atoms with Gasteiger partial charge in [0, 0.05) is 5.69 Å². The van der Waals surface area contributed by atoms with Crippen LogP contribution in [0.15, 0.2) is 59.2 Å². The maximum Gasteiger partial charge on any atom is 0.418 e. The zero-order valence-electron chi connectivity index (χ0n) is 16.7. The summed E-state index contributed by atoms with van der Waals surface area (Å²) in [6.45, 7) is 3.34. The number of benzene rings is 2. The molecule has 1 heterocycles. The summed E-state index contributed by atoms with van der Waals surface area (Å²) >= 11 is 0. The number of anilines is 2. The smallest absolute Gasteiger partial charge is 0.418 e. The van der Waals surface area contributed by atoms with Gasteiger partial charge >= 0.3 is 6.18 Å². The first-order valence-electron chi connectivity index (χ1n) is 9.19. The first kappa shape index (κ1) is 21.9. The molecule has 0 atom stereocenters. The lowest BCUT2D eigenvalue weighted by atomic mass is 10.1. The summed E-state index contributed by atoms with van der Waals surface area (Å²) in [5, 5.41) is 4.53. The van der Waals surface area contributed by atoms with Crippen LogP contribution in [0.1, 0.15) is 27.2 Å². The first-order valence-corrected chi connectivity index (χ1v) is 9.19. The average molecular weight is 432 g/mol. The highest BCUT2D eigenvalue weighted by Crippen LogP contribution is 2.36. The summed E-state index contributed by atoms with van der Waals surface area (Å²) < 4.78 is 50.8. The molecule has 3 aromatic rings. The van der Waals surface area contributed by atoms with E-state index in [1.54, 1.807) is 12.1 Å². The van der Waals surface area contributed by atoms with E-state index < -0.39 is 35.8 Å². The number of hydrogen-bond donors (Lipinski definition) is 2. The van der Waals surface area contributed by atoms with Crippen molar-refractivity contribution in [1.29, 1.82) is 0 Å². The molecule has 0 spiro atoms. The van der Waals surface area contributed by atoms with Gasteiger partial charge in [-0.3, -0.25) is 9.59 Å². The summed E-state index contributed by atoms with van der Waals surface area (Å²) in [4.78, 5) is 24.1. The van der Waals surface area contributed by atoms with Crippen LogP contribution in [0.5, 0.6) is 5.75 Å². The average Bonchev–Trinajstić information content (AvgIpc) is 3.24. The molecule has 0 saturated heterocycles. The third kappa shape index (κ3) is 5.65. The molecule has 0 unspecified atom stereocenters. The highest BCUT2D eigenvalue weighted by molar-refractivity contribution is 6.02. The van der Waals surface area contributed by atoms with Gasteiger partial charge < -0.3 is 19.8 Å². The highest BCUT2D eigenvalue weighted by Gasteiger charge is 2.34. The van der Waals surface area contributed by atoms with Crippen molar-refractivity contribution in [3.8, 4) is 5.75 Å². The SMILES string of the molecule is Cc1ccc(OCC(=O)Nc2ccc(NC(=O)c3ccco3)cc2C(F)(F)F)cc1C. The molecule has 2 amide bonds. The monoisotopic (exact) mass is 432 g/mol. The van der Waals surface area contributed by atoms with Crippen molar-refractivity contribution in [2.24, 2.45) is 0 Å². The number of alkyl halides is 3. The van der Waals surface area contributed by atoms with Gasteiger partial charge in [0.25, 0.3) is 11.8 Å². The zero-order valence-corrected chi connectivity index (χ0v) is 16.7. The Labute approximate surface area is 176 Å². The van der Waals surface area contributed by atoms with Crippen molar-refractivity contribution in [1.82, 2.24) is 0 Å². The van der Waals surface area contributed by atoms with Gasteiger partial charge in [0.15, 0.2) is 12.4 Å². The van der Waals surface area contributed by atoms with Gasteiger partial charge in [-0.05, 0) is 67.4 Å². The molecule has 0 aliphatic heterocycles. The predicted molar refractivity (Wildman–Crippen MR) is 108 cm³/mol. The van der Waals surface area contributed by atoms with E-state index in [4.69, 9.17) is 9.15 Å². The highest BCUT2D eigenvalue weighted by atomic mass is 19.4. The molecule has 31 heavy (non-hydrogen) atoms. The molecule has 162 valence electrons. The Morgan fingerprint density at radius 2 is 1.77 bits per heavy atom. The number of hydrogen-bond acceptors (Lipinski definition) is 4. The van der Waals surface area contributed by atoms with E-state index in [0.717, 1.165) is 23.3 Å². The van der Waals surface area contributed by atoms with Gasteiger partial charge in [-0.25, -0.2) is 0 Å². The van der Waals surface area contributed by atoms with Crippen LogP contribution in [0.25, 0.3) is 0 Å². The van der Waals surface area contributed by atoms with Crippen LogP contribution < -0.4 is 15.4 Å². The van der Waals surface area contributed by atoms with E-state index in [9.17, 15) is 22.8 Å². The number of furan rings is 1. The third-order valence-corrected chi connectivity index (χ3v) is 4.45. The summed E-state index contributed by atoms with van der Waals surface area (Å²) in [5.74, 6) is -1.06. The van der Waals surface area contributed by atoms with Crippen LogP contribution in [0.4, 0.5) is 24.5 Å². The molecule has 9 heteroatoms. The number of nitrogens with one attached hydrogen (secondary N) is 2. The largest absolute Gasteiger partial charge is 0.484 e. The molecule has 6 nitrogen and oxygen atoms in total. The maximum absolute atomic E-state index is 13.5. The van der Waals surface area contributed by atoms with Crippen LogP contribution in [0.2, 0.25) is 0 Å². The van der Waals surface area contributed by atoms with Gasteiger partial charge in [0.2, 0.25) is 0 Å². The molecule has 3 rings (SSSR count). The number of aryl methyl sites for hydroxylation is 2. The lowest BCUT2D eigenvalue weighted by Gasteiger charge is -2.16. The Balaban J connectivity index is 1.71. The molecule has 0 aliphatic carbocycles. The second-order valence-corrected chi connectivity index (χ2v) is 6.77. The van der Waals surface area contributed by atoms with Crippen molar-refractivity contribution in [3.05, 3.63) is 77.2 Å². The van der Waals surface area contributed by atoms with Gasteiger partial charge in [0.05, 0.1) is 17.5 Å². The standard InChI is InChI=1S/C22H19F3N2O4/c1-13-5-7-16(10-14(13)2)31-12-20(28)27-18-8-6-15(11-17(18)22(23,24)25)26-21(29)19-4-3-9-30-19/h3-11H,12H2,1-2H3,(H,26,29)(H,27,28). The lowest BCUT2D eigenvalue weighted by Crippen LogP contribution is -2.22. The van der Waals surface area contributed by atoms with Gasteiger partial charge in [-0.15, -0.1) is 0 Å². The third-order valence-electron chi connectivity index (χ3n) is 4.45. The van der Waals surface area contributed by atoms with E-state index in [1.165, 1.54) is 24.5 Å². The van der Waals surface area contributed by atoms with E-state index in [2.05, 4.69) is 10.6 Å². The fourth-order valence-electron chi connectivity index (χ4n) is 2.70. The van der Waals surface area contributed by atoms with Crippen LogP contribution in [0, 0.1) is 13.8 Å². The predicted octanol–water partition coefficient (Wildman–Crippen LogP) is 5.19. The zero-order chi connectivity index (χ0) is 22.6. The summed E-state index contributed by atoms with van der Waals surface area (Å²) in [6, 6.07) is 11.1. The first-order chi connectivity index (χ1) is 14.6. The summed E-state index contributed by atoms with van der Waals surface area (Å²) in [7, 11) is 0. The topological polar surface area (TPSA) is 80.6 Å². The van der Waals surface area contributed by atoms with Crippen molar-refractivity contribution in [3.63, 3.8) is 0 Å². The van der Waals surface area contributed by atoms with Crippen LogP contribution in [-0.2, 0) is 11.0 Å². The van der Waals surface area contributed by atoms with Gasteiger partial charge in [0.1, 0.15) is 5.75 Å². The molecule has 0 aliphatic rings. The Morgan fingerprint density at radius 3 is 2.42 bits per heavy atom. The van der Waals surface area contributed by atoms with Crippen molar-refractivity contribution in [2.75, 3.05) is 17.2 Å². The number of carbonyl (C=O) groups excluding carboxylic acids is 2. The number of halogens is 3. The molecule has 2 aromatic carbocycles. The molecular formula is C22H19F3N2O4. The molecule has 1 aromatic heterocycles. The van der Waals surface area contributed by atoms with E-state index in [-0.39, 0.29) is 11.4 Å². The molecule has 0 saturated carbocycles. The molecule has 0 fully saturated rings. The van der Waals surface area contributed by atoms with Gasteiger partial charge in [-0.1, -0.05) is 6.07 Å². The minimum absolute atomic E-state index is 0.0468. The summed E-state index contributed by atoms with van der Waals surface area (Å²) in [5.41, 5.74) is 0.356. The van der Waals surface area contributed by atoms with Crippen LogP contribution in [0.3, 0.4) is 0 Å². The number of ether oxygens (including phenoxy) is 1. The van der Waals surface area contributed by atoms with E-state index in [0.29, 0.717) is 5.75 Å². The quantitative estimate of drug-likeness (QED) is 0.562. The number of amides is 2. The van der Waals surface area contributed by atoms with Crippen molar-refractivity contribution in [2.45, 2.75) is 20.0 Å². The molecule has 0 bridgehead atoms. The van der Waals surface area contributed by atoms with Crippen molar-refractivity contribution >= 4 is 23.2 Å². The molecule has 0 radical (unpaired) electrons. The van der Waals surface area contributed by atoms with Crippen LogP contribution >= 0.6 is 0 Å². The maximum atomic E-state index is 13.5. The second kappa shape index (κ2) is 8.95. The number of carbonyl (C=O) groups is 2. The van der Waals surface area contributed by atoms with Crippen LogP contribution in [-0.4, -0.2) is 18.4 Å². The Morgan fingerprint density at radius 1 is 1.00 bits per heavy atom. The van der Waals surface area contributed by atoms with E-state index >= 15 is 0 Å².